The lowest BCUT2D eigenvalue weighted by molar-refractivity contribution is 0.398. The molecule has 1 aromatic carbocycles. The van der Waals surface area contributed by atoms with Gasteiger partial charge in [0.2, 0.25) is 0 Å². The molecule has 106 valence electrons. The largest absolute Gasteiger partial charge is 0.366 e. The number of benzene rings is 1. The summed E-state index contributed by atoms with van der Waals surface area (Å²) in [6, 6.07) is 9.87. The maximum atomic E-state index is 9.41. The minimum atomic E-state index is 0.581. The normalized spacial score (nSPS) is 22.3. The van der Waals surface area contributed by atoms with Gasteiger partial charge in [-0.05, 0) is 56.8 Å². The Bertz CT molecular complexity index is 507. The second-order valence-electron chi connectivity index (χ2n) is 6.16. The topological polar surface area (TPSA) is 39.1 Å². The van der Waals surface area contributed by atoms with Crippen molar-refractivity contribution < 1.29 is 0 Å². The molecule has 0 aromatic heterocycles. The zero-order valence-electron chi connectivity index (χ0n) is 12.2. The maximum Gasteiger partial charge on any atom is 0.101 e. The minimum absolute atomic E-state index is 0.581. The van der Waals surface area contributed by atoms with Gasteiger partial charge in [-0.1, -0.05) is 12.5 Å². The lowest BCUT2D eigenvalue weighted by Crippen LogP contribution is -2.44. The second-order valence-corrected chi connectivity index (χ2v) is 6.16. The van der Waals surface area contributed by atoms with Crippen molar-refractivity contribution >= 4 is 5.69 Å². The van der Waals surface area contributed by atoms with Crippen molar-refractivity contribution in [3.8, 4) is 6.07 Å². The van der Waals surface area contributed by atoms with Crippen LogP contribution in [0.4, 0.5) is 5.69 Å². The fraction of sp³-hybridized carbons (Fsp3) is 0.588. The van der Waals surface area contributed by atoms with E-state index in [9.17, 15) is 5.26 Å². The van der Waals surface area contributed by atoms with Gasteiger partial charge in [0.05, 0.1) is 11.3 Å². The Morgan fingerprint density at radius 1 is 1.30 bits per heavy atom. The number of hydrogen-bond donors (Lipinski definition) is 1. The summed E-state index contributed by atoms with van der Waals surface area (Å²) in [6.45, 7) is 4.24. The zero-order chi connectivity index (χ0) is 13.9. The molecular weight excluding hydrogens is 246 g/mol. The van der Waals surface area contributed by atoms with Gasteiger partial charge in [0.15, 0.2) is 0 Å². The molecule has 3 heteroatoms. The van der Waals surface area contributed by atoms with Crippen molar-refractivity contribution in [2.75, 3.05) is 18.0 Å². The lowest BCUT2D eigenvalue weighted by atomic mass is 10.0. The molecule has 0 spiro atoms. The van der Waals surface area contributed by atoms with Gasteiger partial charge < -0.3 is 10.2 Å². The van der Waals surface area contributed by atoms with Crippen LogP contribution in [0.1, 0.15) is 43.2 Å². The van der Waals surface area contributed by atoms with Crippen molar-refractivity contribution in [2.45, 2.75) is 51.1 Å². The Morgan fingerprint density at radius 2 is 2.15 bits per heavy atom. The third-order valence-corrected chi connectivity index (χ3v) is 4.40. The molecule has 1 atom stereocenters. The van der Waals surface area contributed by atoms with Crippen LogP contribution in [0.3, 0.4) is 0 Å². The van der Waals surface area contributed by atoms with Crippen molar-refractivity contribution in [3.63, 3.8) is 0 Å². The zero-order valence-corrected chi connectivity index (χ0v) is 12.2. The van der Waals surface area contributed by atoms with E-state index in [2.05, 4.69) is 35.3 Å². The highest BCUT2D eigenvalue weighted by molar-refractivity contribution is 5.61. The smallest absolute Gasteiger partial charge is 0.101 e. The molecule has 1 unspecified atom stereocenters. The van der Waals surface area contributed by atoms with E-state index < -0.39 is 0 Å². The molecular formula is C17H23N3. The average molecular weight is 269 g/mol. The number of nitrogens with one attached hydrogen (secondary N) is 1. The van der Waals surface area contributed by atoms with Crippen LogP contribution >= 0.6 is 0 Å². The van der Waals surface area contributed by atoms with Gasteiger partial charge in [-0.15, -0.1) is 0 Å². The number of nitrogens with zero attached hydrogens (tertiary/aromatic N) is 2. The Labute approximate surface area is 121 Å². The Balaban J connectivity index is 1.81. The van der Waals surface area contributed by atoms with Crippen molar-refractivity contribution in [1.29, 1.82) is 5.26 Å². The fourth-order valence-corrected chi connectivity index (χ4v) is 3.14. The predicted molar refractivity (Wildman–Crippen MR) is 81.9 cm³/mol. The van der Waals surface area contributed by atoms with E-state index in [1.807, 2.05) is 6.07 Å². The predicted octanol–water partition coefficient (Wildman–Crippen LogP) is 2.98. The first-order chi connectivity index (χ1) is 9.78. The summed E-state index contributed by atoms with van der Waals surface area (Å²) in [5.74, 6) is 0. The van der Waals surface area contributed by atoms with E-state index in [-0.39, 0.29) is 0 Å². The summed E-state index contributed by atoms with van der Waals surface area (Å²) in [7, 11) is 0. The van der Waals surface area contributed by atoms with Crippen molar-refractivity contribution in [3.05, 3.63) is 29.3 Å². The van der Waals surface area contributed by atoms with Crippen LogP contribution in [-0.4, -0.2) is 25.2 Å². The first-order valence-electron chi connectivity index (χ1n) is 7.78. The van der Waals surface area contributed by atoms with Crippen LogP contribution in [0.15, 0.2) is 18.2 Å². The third-order valence-electron chi connectivity index (χ3n) is 4.40. The highest BCUT2D eigenvalue weighted by Crippen LogP contribution is 2.34. The van der Waals surface area contributed by atoms with Crippen LogP contribution in [0, 0.1) is 18.3 Å². The number of hydrogen-bond acceptors (Lipinski definition) is 3. The molecule has 0 amide bonds. The summed E-state index contributed by atoms with van der Waals surface area (Å²) < 4.78 is 0. The molecule has 3 rings (SSSR count). The molecule has 1 aromatic rings. The molecule has 1 aliphatic heterocycles. The Hall–Kier alpha value is -1.53. The number of piperidine rings is 1. The number of nitriles is 1. The highest BCUT2D eigenvalue weighted by Gasteiger charge is 2.32. The van der Waals surface area contributed by atoms with Gasteiger partial charge >= 0.3 is 0 Å². The Morgan fingerprint density at radius 3 is 2.80 bits per heavy atom. The SMILES string of the molecule is Cc1ccc(N(CC2CCCCN2)C2CC2)c(C#N)c1. The van der Waals surface area contributed by atoms with Gasteiger partial charge in [-0.25, -0.2) is 0 Å². The number of aryl methyl sites for hydroxylation is 1. The van der Waals surface area contributed by atoms with E-state index in [1.54, 1.807) is 0 Å². The lowest BCUT2D eigenvalue weighted by Gasteiger charge is -2.32. The van der Waals surface area contributed by atoms with Gasteiger partial charge in [-0.2, -0.15) is 5.26 Å². The van der Waals surface area contributed by atoms with Crippen molar-refractivity contribution in [1.82, 2.24) is 5.32 Å². The summed E-state index contributed by atoms with van der Waals surface area (Å²) in [6.07, 6.45) is 6.43. The first kappa shape index (κ1) is 13.5. The maximum absolute atomic E-state index is 9.41. The molecule has 1 heterocycles. The summed E-state index contributed by atoms with van der Waals surface area (Å²) in [5.41, 5.74) is 3.12. The van der Waals surface area contributed by atoms with E-state index in [0.29, 0.717) is 12.1 Å². The first-order valence-corrected chi connectivity index (χ1v) is 7.78. The van der Waals surface area contributed by atoms with Gasteiger partial charge in [0, 0.05) is 18.6 Å². The average Bonchev–Trinajstić information content (AvgIpc) is 3.31. The fourth-order valence-electron chi connectivity index (χ4n) is 3.14. The molecule has 3 nitrogen and oxygen atoms in total. The number of anilines is 1. The molecule has 0 bridgehead atoms. The van der Waals surface area contributed by atoms with Crippen molar-refractivity contribution in [2.24, 2.45) is 0 Å². The van der Waals surface area contributed by atoms with E-state index >= 15 is 0 Å². The van der Waals surface area contributed by atoms with Crippen LogP contribution in [0.2, 0.25) is 0 Å². The Kier molecular flexibility index (Phi) is 3.93. The summed E-state index contributed by atoms with van der Waals surface area (Å²) >= 11 is 0. The molecule has 1 N–H and O–H groups in total. The van der Waals surface area contributed by atoms with Crippen LogP contribution in [0.5, 0.6) is 0 Å². The second kappa shape index (κ2) is 5.85. The quantitative estimate of drug-likeness (QED) is 0.913. The minimum Gasteiger partial charge on any atom is -0.366 e. The highest BCUT2D eigenvalue weighted by atomic mass is 15.2. The van der Waals surface area contributed by atoms with Gasteiger partial charge in [-0.3, -0.25) is 0 Å². The van der Waals surface area contributed by atoms with Crippen LogP contribution in [-0.2, 0) is 0 Å². The van der Waals surface area contributed by atoms with Gasteiger partial charge in [0.1, 0.15) is 6.07 Å². The molecule has 0 radical (unpaired) electrons. The molecule has 2 fully saturated rings. The number of rotatable bonds is 4. The standard InChI is InChI=1S/C17H23N3/c1-13-5-8-17(14(10-13)11-18)20(16-6-7-16)12-15-4-2-3-9-19-15/h5,8,10,15-16,19H,2-4,6-7,9,12H2,1H3. The van der Waals surface area contributed by atoms with Gasteiger partial charge in [0.25, 0.3) is 0 Å². The molecule has 2 aliphatic rings. The molecule has 1 saturated carbocycles. The van der Waals surface area contributed by atoms with E-state index in [0.717, 1.165) is 29.9 Å². The van der Waals surface area contributed by atoms with Crippen LogP contribution < -0.4 is 10.2 Å². The van der Waals surface area contributed by atoms with E-state index in [1.165, 1.54) is 32.1 Å². The van der Waals surface area contributed by atoms with E-state index in [4.69, 9.17) is 0 Å². The summed E-state index contributed by atoms with van der Waals surface area (Å²) in [5, 5.41) is 13.0. The molecule has 1 aliphatic carbocycles. The monoisotopic (exact) mass is 269 g/mol. The summed E-state index contributed by atoms with van der Waals surface area (Å²) in [4.78, 5) is 2.47. The molecule has 1 saturated heterocycles. The van der Waals surface area contributed by atoms with Crippen LogP contribution in [0.25, 0.3) is 0 Å². The molecule has 20 heavy (non-hydrogen) atoms. The third kappa shape index (κ3) is 2.96.